The highest BCUT2D eigenvalue weighted by Crippen LogP contribution is 2.27. The standard InChI is InChI=1S/C18H18O/c1-3-14-19-15(2)18(16-10-6-4-7-11-16)17-12-8-5-9-13-17/h3-13H,1,14H2,2H3. The van der Waals surface area contributed by atoms with Gasteiger partial charge in [-0.1, -0.05) is 73.3 Å². The molecule has 96 valence electrons. The maximum atomic E-state index is 5.72. The molecule has 0 saturated carbocycles. The summed E-state index contributed by atoms with van der Waals surface area (Å²) in [5.74, 6) is 0.914. The third-order valence-corrected chi connectivity index (χ3v) is 2.89. The van der Waals surface area contributed by atoms with E-state index in [-0.39, 0.29) is 0 Å². The smallest absolute Gasteiger partial charge is 0.106 e. The van der Waals surface area contributed by atoms with Gasteiger partial charge < -0.3 is 4.74 Å². The summed E-state index contributed by atoms with van der Waals surface area (Å²) in [5.41, 5.74) is 3.45. The van der Waals surface area contributed by atoms with Crippen molar-refractivity contribution in [1.29, 1.82) is 0 Å². The van der Waals surface area contributed by atoms with Crippen molar-refractivity contribution < 1.29 is 4.74 Å². The van der Waals surface area contributed by atoms with E-state index < -0.39 is 0 Å². The van der Waals surface area contributed by atoms with E-state index in [1.165, 1.54) is 0 Å². The molecule has 2 rings (SSSR count). The SMILES string of the molecule is C=CCOC(C)=C(c1ccccc1)c1ccccc1. The number of ether oxygens (including phenoxy) is 1. The van der Waals surface area contributed by atoms with Crippen molar-refractivity contribution in [3.05, 3.63) is 90.2 Å². The van der Waals surface area contributed by atoms with Crippen LogP contribution >= 0.6 is 0 Å². The van der Waals surface area contributed by atoms with Gasteiger partial charge in [-0.25, -0.2) is 0 Å². The maximum Gasteiger partial charge on any atom is 0.106 e. The molecule has 0 heterocycles. The number of hydrogen-bond acceptors (Lipinski definition) is 1. The fraction of sp³-hybridized carbons (Fsp3) is 0.111. The summed E-state index contributed by atoms with van der Waals surface area (Å²) in [6.07, 6.45) is 1.76. The predicted molar refractivity (Wildman–Crippen MR) is 80.7 cm³/mol. The molecule has 0 radical (unpaired) electrons. The minimum atomic E-state index is 0.523. The lowest BCUT2D eigenvalue weighted by Crippen LogP contribution is -1.96. The summed E-state index contributed by atoms with van der Waals surface area (Å²) >= 11 is 0. The number of rotatable bonds is 5. The maximum absolute atomic E-state index is 5.72. The molecule has 1 heteroatoms. The average Bonchev–Trinajstić information content (AvgIpc) is 2.47. The van der Waals surface area contributed by atoms with Gasteiger partial charge in [0, 0.05) is 5.57 Å². The Morgan fingerprint density at radius 1 is 0.947 bits per heavy atom. The largest absolute Gasteiger partial charge is 0.494 e. The fourth-order valence-electron chi connectivity index (χ4n) is 2.04. The van der Waals surface area contributed by atoms with Crippen LogP contribution in [0.2, 0.25) is 0 Å². The number of benzene rings is 2. The van der Waals surface area contributed by atoms with Gasteiger partial charge in [0.1, 0.15) is 12.4 Å². The van der Waals surface area contributed by atoms with Gasteiger partial charge in [-0.2, -0.15) is 0 Å². The Hall–Kier alpha value is -2.28. The molecule has 0 unspecified atom stereocenters. The van der Waals surface area contributed by atoms with Gasteiger partial charge in [-0.3, -0.25) is 0 Å². The van der Waals surface area contributed by atoms with Gasteiger partial charge in [-0.15, -0.1) is 0 Å². The molecule has 0 aliphatic rings. The zero-order valence-corrected chi connectivity index (χ0v) is 11.2. The first-order valence-corrected chi connectivity index (χ1v) is 6.38. The molecular weight excluding hydrogens is 232 g/mol. The third-order valence-electron chi connectivity index (χ3n) is 2.89. The Balaban J connectivity index is 2.48. The highest BCUT2D eigenvalue weighted by molar-refractivity contribution is 5.80. The second-order valence-electron chi connectivity index (χ2n) is 4.26. The summed E-state index contributed by atoms with van der Waals surface area (Å²) in [5, 5.41) is 0. The van der Waals surface area contributed by atoms with Crippen molar-refractivity contribution in [3.63, 3.8) is 0 Å². The van der Waals surface area contributed by atoms with Gasteiger partial charge in [0.2, 0.25) is 0 Å². The van der Waals surface area contributed by atoms with E-state index in [0.29, 0.717) is 6.61 Å². The molecular formula is C18H18O. The van der Waals surface area contributed by atoms with Crippen LogP contribution in [0.15, 0.2) is 79.1 Å². The van der Waals surface area contributed by atoms with Gasteiger partial charge in [0.15, 0.2) is 0 Å². The Kier molecular flexibility index (Phi) is 4.57. The first-order valence-electron chi connectivity index (χ1n) is 6.38. The van der Waals surface area contributed by atoms with Crippen LogP contribution in [-0.2, 0) is 4.74 Å². The van der Waals surface area contributed by atoms with Crippen molar-refractivity contribution in [2.45, 2.75) is 6.92 Å². The topological polar surface area (TPSA) is 9.23 Å². The van der Waals surface area contributed by atoms with Crippen molar-refractivity contribution in [3.8, 4) is 0 Å². The van der Waals surface area contributed by atoms with E-state index in [1.54, 1.807) is 6.08 Å². The fourth-order valence-corrected chi connectivity index (χ4v) is 2.04. The van der Waals surface area contributed by atoms with Crippen molar-refractivity contribution in [2.24, 2.45) is 0 Å². The summed E-state index contributed by atoms with van der Waals surface area (Å²) < 4.78 is 5.72. The molecule has 19 heavy (non-hydrogen) atoms. The van der Waals surface area contributed by atoms with Gasteiger partial charge in [0.05, 0.1) is 0 Å². The quantitative estimate of drug-likeness (QED) is 0.553. The van der Waals surface area contributed by atoms with Crippen molar-refractivity contribution in [1.82, 2.24) is 0 Å². The molecule has 0 atom stereocenters. The molecule has 0 fully saturated rings. The minimum absolute atomic E-state index is 0.523. The molecule has 0 aliphatic heterocycles. The van der Waals surface area contributed by atoms with Gasteiger partial charge >= 0.3 is 0 Å². The van der Waals surface area contributed by atoms with Crippen LogP contribution in [-0.4, -0.2) is 6.61 Å². The summed E-state index contributed by atoms with van der Waals surface area (Å²) in [4.78, 5) is 0. The summed E-state index contributed by atoms with van der Waals surface area (Å²) in [6, 6.07) is 20.6. The lowest BCUT2D eigenvalue weighted by molar-refractivity contribution is 0.252. The first-order chi connectivity index (χ1) is 9.33. The zero-order valence-electron chi connectivity index (χ0n) is 11.2. The average molecular weight is 250 g/mol. The Morgan fingerprint density at radius 2 is 1.42 bits per heavy atom. The molecule has 0 aromatic heterocycles. The number of allylic oxidation sites excluding steroid dienone is 1. The number of hydrogen-bond donors (Lipinski definition) is 0. The Bertz CT molecular complexity index is 511. The Labute approximate surface area is 114 Å². The van der Waals surface area contributed by atoms with E-state index in [0.717, 1.165) is 22.5 Å². The van der Waals surface area contributed by atoms with E-state index in [1.807, 2.05) is 43.3 Å². The van der Waals surface area contributed by atoms with Crippen LogP contribution in [0.5, 0.6) is 0 Å². The van der Waals surface area contributed by atoms with Crippen LogP contribution in [0.3, 0.4) is 0 Å². The molecule has 0 saturated heterocycles. The second-order valence-corrected chi connectivity index (χ2v) is 4.26. The monoisotopic (exact) mass is 250 g/mol. The molecule has 1 nitrogen and oxygen atoms in total. The minimum Gasteiger partial charge on any atom is -0.494 e. The molecule has 2 aromatic carbocycles. The van der Waals surface area contributed by atoms with Crippen LogP contribution in [0.4, 0.5) is 0 Å². The van der Waals surface area contributed by atoms with E-state index >= 15 is 0 Å². The second kappa shape index (κ2) is 6.60. The van der Waals surface area contributed by atoms with E-state index in [2.05, 4.69) is 30.8 Å². The van der Waals surface area contributed by atoms with Crippen LogP contribution in [0.25, 0.3) is 5.57 Å². The predicted octanol–water partition coefficient (Wildman–Crippen LogP) is 4.67. The third kappa shape index (κ3) is 3.35. The molecule has 0 N–H and O–H groups in total. The first kappa shape index (κ1) is 13.2. The van der Waals surface area contributed by atoms with E-state index in [9.17, 15) is 0 Å². The van der Waals surface area contributed by atoms with Crippen LogP contribution in [0, 0.1) is 0 Å². The van der Waals surface area contributed by atoms with Crippen molar-refractivity contribution in [2.75, 3.05) is 6.61 Å². The lowest BCUT2D eigenvalue weighted by atomic mass is 9.97. The van der Waals surface area contributed by atoms with Crippen molar-refractivity contribution >= 4 is 5.57 Å². The summed E-state index contributed by atoms with van der Waals surface area (Å²) in [7, 11) is 0. The van der Waals surface area contributed by atoms with Crippen LogP contribution < -0.4 is 0 Å². The Morgan fingerprint density at radius 3 is 1.84 bits per heavy atom. The molecule has 2 aromatic rings. The van der Waals surface area contributed by atoms with Gasteiger partial charge in [0.25, 0.3) is 0 Å². The lowest BCUT2D eigenvalue weighted by Gasteiger charge is -2.13. The zero-order chi connectivity index (χ0) is 13.5. The molecule has 0 amide bonds. The highest BCUT2D eigenvalue weighted by atomic mass is 16.5. The van der Waals surface area contributed by atoms with Crippen LogP contribution in [0.1, 0.15) is 18.1 Å². The summed E-state index contributed by atoms with van der Waals surface area (Å²) in [6.45, 7) is 6.21. The van der Waals surface area contributed by atoms with E-state index in [4.69, 9.17) is 4.74 Å². The molecule has 0 bridgehead atoms. The molecule has 0 spiro atoms. The molecule has 0 aliphatic carbocycles. The normalized spacial score (nSPS) is 9.74. The highest BCUT2D eigenvalue weighted by Gasteiger charge is 2.09. The van der Waals surface area contributed by atoms with Gasteiger partial charge in [-0.05, 0) is 18.1 Å².